The summed E-state index contributed by atoms with van der Waals surface area (Å²) < 4.78 is 18.3. The number of ether oxygens (including phenoxy) is 1. The van der Waals surface area contributed by atoms with Crippen molar-refractivity contribution >= 4 is 11.8 Å². The van der Waals surface area contributed by atoms with E-state index in [1.807, 2.05) is 4.90 Å². The summed E-state index contributed by atoms with van der Waals surface area (Å²) in [6, 6.07) is 5.15. The smallest absolute Gasteiger partial charge is 0.258 e. The average Bonchev–Trinajstić information content (AvgIpc) is 2.55. The molecule has 7 nitrogen and oxygen atoms in total. The van der Waals surface area contributed by atoms with Crippen LogP contribution in [0, 0.1) is 5.82 Å². The molecule has 1 saturated heterocycles. The predicted octanol–water partition coefficient (Wildman–Crippen LogP) is -0.156. The van der Waals surface area contributed by atoms with Gasteiger partial charge in [0.2, 0.25) is 5.91 Å². The van der Waals surface area contributed by atoms with E-state index in [2.05, 4.69) is 5.32 Å². The van der Waals surface area contributed by atoms with Crippen LogP contribution in [0.3, 0.4) is 0 Å². The summed E-state index contributed by atoms with van der Waals surface area (Å²) in [6.07, 6.45) is -0.227. The lowest BCUT2D eigenvalue weighted by atomic mass is 10.0. The van der Waals surface area contributed by atoms with Crippen molar-refractivity contribution in [1.29, 1.82) is 0 Å². The fraction of sp³-hybridized carbons (Fsp3) is 0.529. The van der Waals surface area contributed by atoms with E-state index in [1.165, 1.54) is 23.1 Å². The number of hydrogen-bond donors (Lipinski definition) is 2. The Morgan fingerprint density at radius 1 is 1.44 bits per heavy atom. The normalized spacial score (nSPS) is 20.8. The number of nitrogens with one attached hydrogen (secondary N) is 1. The molecule has 1 aliphatic rings. The molecule has 0 bridgehead atoms. The van der Waals surface area contributed by atoms with E-state index in [1.54, 1.807) is 20.2 Å². The Hall–Kier alpha value is -2.19. The highest BCUT2D eigenvalue weighted by Crippen LogP contribution is 2.13. The first kappa shape index (κ1) is 19.1. The number of likely N-dealkylation sites (tertiary alicyclic amines) is 1. The molecule has 138 valence electrons. The van der Waals surface area contributed by atoms with Crippen LogP contribution in [0.1, 0.15) is 6.42 Å². The highest BCUT2D eigenvalue weighted by atomic mass is 19.1. The molecular weight excluding hydrogens is 329 g/mol. The number of hydrogen-bond acceptors (Lipinski definition) is 5. The highest BCUT2D eigenvalue weighted by Gasteiger charge is 2.29. The SMILES string of the molecule is CN(C)C(=O)CN1CC[C@@H](NC(=O)COc2cccc(F)c2)[C@H](O)C1. The van der Waals surface area contributed by atoms with Gasteiger partial charge in [0.1, 0.15) is 11.6 Å². The van der Waals surface area contributed by atoms with E-state index in [0.29, 0.717) is 19.5 Å². The van der Waals surface area contributed by atoms with Crippen molar-refractivity contribution < 1.29 is 23.8 Å². The standard InChI is InChI=1S/C17H24FN3O4/c1-20(2)17(24)10-21-7-6-14(15(22)9-21)19-16(23)11-25-13-5-3-4-12(18)8-13/h3-5,8,14-15,22H,6-7,9-11H2,1-2H3,(H,19,23)/t14-,15-/m1/s1. The number of aliphatic hydroxyl groups excluding tert-OH is 1. The van der Waals surface area contributed by atoms with E-state index in [0.717, 1.165) is 0 Å². The van der Waals surface area contributed by atoms with Gasteiger partial charge in [-0.3, -0.25) is 14.5 Å². The number of rotatable bonds is 6. The monoisotopic (exact) mass is 353 g/mol. The van der Waals surface area contributed by atoms with Gasteiger partial charge in [-0.2, -0.15) is 0 Å². The molecule has 25 heavy (non-hydrogen) atoms. The molecule has 0 aliphatic carbocycles. The maximum atomic E-state index is 13.0. The number of carbonyl (C=O) groups excluding carboxylic acids is 2. The minimum absolute atomic E-state index is 0.0295. The van der Waals surface area contributed by atoms with Gasteiger partial charge >= 0.3 is 0 Å². The van der Waals surface area contributed by atoms with Crippen molar-refractivity contribution in [2.45, 2.75) is 18.6 Å². The molecule has 2 rings (SSSR count). The van der Waals surface area contributed by atoms with Gasteiger partial charge in [0.05, 0.1) is 18.7 Å². The fourth-order valence-corrected chi connectivity index (χ4v) is 2.60. The minimum atomic E-state index is -0.762. The van der Waals surface area contributed by atoms with Crippen molar-refractivity contribution in [3.05, 3.63) is 30.1 Å². The molecule has 2 atom stereocenters. The lowest BCUT2D eigenvalue weighted by Gasteiger charge is -2.36. The molecule has 8 heteroatoms. The zero-order valence-corrected chi connectivity index (χ0v) is 14.4. The van der Waals surface area contributed by atoms with Crippen molar-refractivity contribution in [2.75, 3.05) is 40.3 Å². The molecule has 1 aromatic carbocycles. The van der Waals surface area contributed by atoms with E-state index >= 15 is 0 Å². The van der Waals surface area contributed by atoms with E-state index in [9.17, 15) is 19.1 Å². The Kier molecular flexibility index (Phi) is 6.72. The van der Waals surface area contributed by atoms with Gasteiger partial charge in [-0.1, -0.05) is 6.07 Å². The first-order valence-corrected chi connectivity index (χ1v) is 8.13. The maximum absolute atomic E-state index is 13.0. The van der Waals surface area contributed by atoms with Crippen LogP contribution in [0.5, 0.6) is 5.75 Å². The first-order valence-electron chi connectivity index (χ1n) is 8.13. The van der Waals surface area contributed by atoms with Crippen LogP contribution in [0.4, 0.5) is 4.39 Å². The summed E-state index contributed by atoms with van der Waals surface area (Å²) in [6.45, 7) is 0.907. The van der Waals surface area contributed by atoms with Crippen LogP contribution < -0.4 is 10.1 Å². The summed E-state index contributed by atoms with van der Waals surface area (Å²) in [4.78, 5) is 27.0. The zero-order valence-electron chi connectivity index (χ0n) is 14.4. The summed E-state index contributed by atoms with van der Waals surface area (Å²) >= 11 is 0. The minimum Gasteiger partial charge on any atom is -0.484 e. The number of benzene rings is 1. The molecule has 1 heterocycles. The summed E-state index contributed by atoms with van der Waals surface area (Å²) in [5.74, 6) is -0.579. The fourth-order valence-electron chi connectivity index (χ4n) is 2.60. The molecule has 1 aliphatic heterocycles. The largest absolute Gasteiger partial charge is 0.484 e. The number of halogens is 1. The van der Waals surface area contributed by atoms with Crippen molar-refractivity contribution in [1.82, 2.24) is 15.1 Å². The number of aliphatic hydroxyl groups is 1. The maximum Gasteiger partial charge on any atom is 0.258 e. The lowest BCUT2D eigenvalue weighted by Crippen LogP contribution is -2.56. The molecule has 0 unspecified atom stereocenters. The van der Waals surface area contributed by atoms with Crippen LogP contribution in [0.2, 0.25) is 0 Å². The summed E-state index contributed by atoms with van der Waals surface area (Å²) in [5.41, 5.74) is 0. The molecule has 0 saturated carbocycles. The van der Waals surface area contributed by atoms with Gasteiger partial charge in [0.15, 0.2) is 6.61 Å². The lowest BCUT2D eigenvalue weighted by molar-refractivity contribution is -0.131. The van der Waals surface area contributed by atoms with Crippen LogP contribution in [0.25, 0.3) is 0 Å². The summed E-state index contributed by atoms with van der Waals surface area (Å²) in [7, 11) is 3.37. The van der Waals surface area contributed by atoms with Gasteiger partial charge in [-0.15, -0.1) is 0 Å². The third-order valence-electron chi connectivity index (χ3n) is 4.04. The van der Waals surface area contributed by atoms with Crippen LogP contribution in [0.15, 0.2) is 24.3 Å². The van der Waals surface area contributed by atoms with Crippen molar-refractivity contribution in [2.24, 2.45) is 0 Å². The molecular formula is C17H24FN3O4. The van der Waals surface area contributed by atoms with Gasteiger partial charge in [-0.05, 0) is 18.6 Å². The number of amides is 2. The van der Waals surface area contributed by atoms with E-state index < -0.39 is 18.0 Å². The third kappa shape index (κ3) is 5.99. The van der Waals surface area contributed by atoms with Crippen molar-refractivity contribution in [3.8, 4) is 5.75 Å². The number of likely N-dealkylation sites (N-methyl/N-ethyl adjacent to an activating group) is 1. The second-order valence-electron chi connectivity index (χ2n) is 6.30. The second kappa shape index (κ2) is 8.77. The van der Waals surface area contributed by atoms with Crippen LogP contribution in [-0.4, -0.2) is 79.2 Å². The summed E-state index contributed by atoms with van der Waals surface area (Å²) in [5, 5.41) is 12.9. The Bertz CT molecular complexity index is 611. The quantitative estimate of drug-likeness (QED) is 0.743. The second-order valence-corrected chi connectivity index (χ2v) is 6.30. The Morgan fingerprint density at radius 3 is 2.84 bits per heavy atom. The van der Waals surface area contributed by atoms with Crippen LogP contribution >= 0.6 is 0 Å². The van der Waals surface area contributed by atoms with Crippen molar-refractivity contribution in [3.63, 3.8) is 0 Å². The molecule has 1 aromatic rings. The molecule has 0 spiro atoms. The Morgan fingerprint density at radius 2 is 2.20 bits per heavy atom. The average molecular weight is 353 g/mol. The molecule has 0 aromatic heterocycles. The third-order valence-corrected chi connectivity index (χ3v) is 4.04. The Balaban J connectivity index is 1.75. The zero-order chi connectivity index (χ0) is 18.4. The topological polar surface area (TPSA) is 82.1 Å². The highest BCUT2D eigenvalue weighted by molar-refractivity contribution is 5.78. The number of β-amino-alcohol motifs (C(OH)–C–C–N with tert-alkyl or cyclic N) is 1. The Labute approximate surface area is 146 Å². The van der Waals surface area contributed by atoms with Gasteiger partial charge < -0.3 is 20.1 Å². The van der Waals surface area contributed by atoms with Gasteiger partial charge in [0, 0.05) is 33.3 Å². The number of piperidine rings is 1. The predicted molar refractivity (Wildman–Crippen MR) is 89.6 cm³/mol. The van der Waals surface area contributed by atoms with Gasteiger partial charge in [0.25, 0.3) is 5.91 Å². The van der Waals surface area contributed by atoms with E-state index in [4.69, 9.17) is 4.74 Å². The van der Waals surface area contributed by atoms with E-state index in [-0.39, 0.29) is 30.7 Å². The number of nitrogens with zero attached hydrogens (tertiary/aromatic N) is 2. The van der Waals surface area contributed by atoms with Gasteiger partial charge in [-0.25, -0.2) is 4.39 Å². The van der Waals surface area contributed by atoms with Crippen LogP contribution in [-0.2, 0) is 9.59 Å². The first-order chi connectivity index (χ1) is 11.8. The molecule has 2 N–H and O–H groups in total. The molecule has 0 radical (unpaired) electrons. The molecule has 1 fully saturated rings. The number of carbonyl (C=O) groups is 2. The molecule has 2 amide bonds.